The molecule has 1 aliphatic rings. The smallest absolute Gasteiger partial charge is 0.248 e. The highest BCUT2D eigenvalue weighted by atomic mass is 32.2. The van der Waals surface area contributed by atoms with Crippen molar-refractivity contribution in [2.75, 3.05) is 11.4 Å². The third-order valence-corrected chi connectivity index (χ3v) is 6.91. The van der Waals surface area contributed by atoms with Gasteiger partial charge in [0.15, 0.2) is 0 Å². The monoisotopic (exact) mass is 467 g/mol. The lowest BCUT2D eigenvalue weighted by Gasteiger charge is -2.19. The Labute approximate surface area is 198 Å². The van der Waals surface area contributed by atoms with Crippen LogP contribution in [-0.4, -0.2) is 27.8 Å². The normalized spacial score (nSPS) is 14.6. The molecule has 3 rings (SSSR count). The molecule has 3 nitrogen and oxygen atoms in total. The van der Waals surface area contributed by atoms with E-state index in [1.165, 1.54) is 29.9 Å². The fourth-order valence-electron chi connectivity index (χ4n) is 3.66. The quantitative estimate of drug-likeness (QED) is 0.345. The molecule has 0 N–H and O–H groups in total. The van der Waals surface area contributed by atoms with Crippen molar-refractivity contribution in [3.63, 3.8) is 0 Å². The SMILES string of the molecule is CCCC(F)(F)CCC(C)C.CCn1c(C(C)(C)C)nc2cc(N(C)SC3CC3)ccc21. The number of anilines is 1. The van der Waals surface area contributed by atoms with Crippen LogP contribution in [0.2, 0.25) is 0 Å². The van der Waals surface area contributed by atoms with E-state index in [1.807, 2.05) is 25.8 Å². The Morgan fingerprint density at radius 3 is 2.31 bits per heavy atom. The van der Waals surface area contributed by atoms with E-state index in [-0.39, 0.29) is 18.3 Å². The van der Waals surface area contributed by atoms with E-state index >= 15 is 0 Å². The summed E-state index contributed by atoms with van der Waals surface area (Å²) in [6, 6.07) is 6.67. The predicted octanol–water partition coefficient (Wildman–Crippen LogP) is 8.46. The zero-order chi connectivity index (χ0) is 24.1. The summed E-state index contributed by atoms with van der Waals surface area (Å²) in [7, 11) is 2.16. The van der Waals surface area contributed by atoms with Crippen LogP contribution in [0, 0.1) is 5.92 Å². The molecule has 1 fully saturated rings. The number of fused-ring (bicyclic) bond motifs is 1. The molecule has 0 unspecified atom stereocenters. The summed E-state index contributed by atoms with van der Waals surface area (Å²) in [5.74, 6) is -0.855. The van der Waals surface area contributed by atoms with Crippen molar-refractivity contribution in [3.05, 3.63) is 24.0 Å². The van der Waals surface area contributed by atoms with E-state index in [1.54, 1.807) is 6.92 Å². The fraction of sp³-hybridized carbons (Fsp3) is 0.731. The molecule has 0 amide bonds. The Bertz CT molecular complexity index is 851. The van der Waals surface area contributed by atoms with Gasteiger partial charge in [0.1, 0.15) is 5.82 Å². The number of hydrogen-bond acceptors (Lipinski definition) is 3. The van der Waals surface area contributed by atoms with Gasteiger partial charge in [-0.3, -0.25) is 0 Å². The summed E-state index contributed by atoms with van der Waals surface area (Å²) in [6.45, 7) is 15.6. The van der Waals surface area contributed by atoms with Crippen LogP contribution in [0.1, 0.15) is 92.8 Å². The number of rotatable bonds is 9. The average Bonchev–Trinajstić information content (AvgIpc) is 3.42. The highest BCUT2D eigenvalue weighted by molar-refractivity contribution is 8.01. The van der Waals surface area contributed by atoms with E-state index < -0.39 is 5.92 Å². The van der Waals surface area contributed by atoms with Crippen LogP contribution in [0.25, 0.3) is 11.0 Å². The summed E-state index contributed by atoms with van der Waals surface area (Å²) in [5, 5.41) is 0.823. The second-order valence-electron chi connectivity index (χ2n) is 10.4. The average molecular weight is 468 g/mol. The molecule has 0 spiro atoms. The Balaban J connectivity index is 0.000000282. The van der Waals surface area contributed by atoms with Crippen molar-refractivity contribution in [3.8, 4) is 0 Å². The van der Waals surface area contributed by atoms with E-state index in [9.17, 15) is 8.78 Å². The molecule has 2 aromatic rings. The molecule has 1 heterocycles. The first kappa shape index (κ1) is 26.9. The van der Waals surface area contributed by atoms with Gasteiger partial charge in [0, 0.05) is 42.8 Å². The molecule has 0 bridgehead atoms. The van der Waals surface area contributed by atoms with Gasteiger partial charge in [-0.25, -0.2) is 13.8 Å². The maximum Gasteiger partial charge on any atom is 0.248 e. The molecule has 1 aliphatic carbocycles. The van der Waals surface area contributed by atoms with Crippen LogP contribution in [0.15, 0.2) is 18.2 Å². The number of benzene rings is 1. The van der Waals surface area contributed by atoms with Gasteiger partial charge >= 0.3 is 0 Å². The largest absolute Gasteiger partial charge is 0.328 e. The highest BCUT2D eigenvalue weighted by Crippen LogP contribution is 2.38. The lowest BCUT2D eigenvalue weighted by molar-refractivity contribution is -0.0212. The zero-order valence-corrected chi connectivity index (χ0v) is 22.2. The van der Waals surface area contributed by atoms with Gasteiger partial charge in [-0.15, -0.1) is 0 Å². The summed E-state index contributed by atoms with van der Waals surface area (Å²) >= 11 is 1.95. The fourth-order valence-corrected chi connectivity index (χ4v) is 4.68. The Hall–Kier alpha value is -1.30. The molecule has 6 heteroatoms. The minimum atomic E-state index is -2.42. The topological polar surface area (TPSA) is 21.1 Å². The van der Waals surface area contributed by atoms with Crippen molar-refractivity contribution in [1.29, 1.82) is 0 Å². The van der Waals surface area contributed by atoms with Gasteiger partial charge in [-0.05, 0) is 62.3 Å². The lowest BCUT2D eigenvalue weighted by Crippen LogP contribution is -2.18. The first-order chi connectivity index (χ1) is 14.9. The van der Waals surface area contributed by atoms with Crippen LogP contribution in [0.3, 0.4) is 0 Å². The maximum atomic E-state index is 12.8. The summed E-state index contributed by atoms with van der Waals surface area (Å²) in [6.07, 6.45) is 4.02. The third-order valence-electron chi connectivity index (χ3n) is 5.62. The number of aryl methyl sites for hydroxylation is 1. The first-order valence-electron chi connectivity index (χ1n) is 12.2. The van der Waals surface area contributed by atoms with Crippen molar-refractivity contribution in [2.45, 2.75) is 110 Å². The summed E-state index contributed by atoms with van der Waals surface area (Å²) in [5.41, 5.74) is 3.68. The molecule has 0 radical (unpaired) electrons. The number of imidazole rings is 1. The third kappa shape index (κ3) is 7.93. The number of halogens is 2. The van der Waals surface area contributed by atoms with Gasteiger partial charge in [0.25, 0.3) is 0 Å². The predicted molar refractivity (Wildman–Crippen MR) is 137 cm³/mol. The van der Waals surface area contributed by atoms with E-state index in [0.717, 1.165) is 17.3 Å². The zero-order valence-electron chi connectivity index (χ0n) is 21.3. The first-order valence-corrected chi connectivity index (χ1v) is 13.0. The maximum absolute atomic E-state index is 12.8. The Kier molecular flexibility index (Phi) is 9.45. The Morgan fingerprint density at radius 2 is 1.81 bits per heavy atom. The van der Waals surface area contributed by atoms with Crippen LogP contribution in [0.5, 0.6) is 0 Å². The van der Waals surface area contributed by atoms with E-state index in [4.69, 9.17) is 4.98 Å². The molecule has 182 valence electrons. The van der Waals surface area contributed by atoms with Crippen LogP contribution in [-0.2, 0) is 12.0 Å². The number of aromatic nitrogens is 2. The van der Waals surface area contributed by atoms with Gasteiger partial charge in [0.2, 0.25) is 5.92 Å². The lowest BCUT2D eigenvalue weighted by atomic mass is 9.96. The minimum Gasteiger partial charge on any atom is -0.328 e. The van der Waals surface area contributed by atoms with Gasteiger partial charge in [0.05, 0.1) is 11.0 Å². The van der Waals surface area contributed by atoms with E-state index in [0.29, 0.717) is 18.8 Å². The number of hydrogen-bond donors (Lipinski definition) is 0. The highest BCUT2D eigenvalue weighted by Gasteiger charge is 2.27. The Morgan fingerprint density at radius 1 is 1.16 bits per heavy atom. The summed E-state index contributed by atoms with van der Waals surface area (Å²) < 4.78 is 30.2. The van der Waals surface area contributed by atoms with Crippen LogP contribution in [0.4, 0.5) is 14.5 Å². The van der Waals surface area contributed by atoms with Gasteiger partial charge in [-0.2, -0.15) is 0 Å². The van der Waals surface area contributed by atoms with Crippen LogP contribution >= 0.6 is 11.9 Å². The van der Waals surface area contributed by atoms with Crippen molar-refractivity contribution in [2.24, 2.45) is 5.92 Å². The van der Waals surface area contributed by atoms with Crippen LogP contribution < -0.4 is 4.31 Å². The van der Waals surface area contributed by atoms with Gasteiger partial charge < -0.3 is 8.87 Å². The second kappa shape index (κ2) is 11.2. The molecule has 0 aliphatic heterocycles. The molecule has 1 aromatic heterocycles. The molecular weight excluding hydrogens is 424 g/mol. The molecule has 0 saturated heterocycles. The van der Waals surface area contributed by atoms with Crippen molar-refractivity contribution in [1.82, 2.24) is 9.55 Å². The molecular formula is C26H43F2N3S. The minimum absolute atomic E-state index is 0.0414. The standard InChI is InChI=1S/C17H25N3S.C9H18F2/c1-6-20-15-10-7-12(19(5)21-13-8-9-13)11-14(15)18-16(20)17(2,3)4;1-4-6-9(10,11)7-5-8(2)3/h7,10-11,13H,6,8-9H2,1-5H3;8H,4-7H2,1-3H3. The molecule has 1 saturated carbocycles. The second-order valence-corrected chi connectivity index (χ2v) is 11.9. The summed E-state index contributed by atoms with van der Waals surface area (Å²) in [4.78, 5) is 4.92. The molecule has 32 heavy (non-hydrogen) atoms. The van der Waals surface area contributed by atoms with Crippen molar-refractivity contribution >= 4 is 28.7 Å². The molecule has 0 atom stereocenters. The van der Waals surface area contributed by atoms with E-state index in [2.05, 4.69) is 61.8 Å². The van der Waals surface area contributed by atoms with Gasteiger partial charge in [-0.1, -0.05) is 48.0 Å². The number of nitrogens with zero attached hydrogens (tertiary/aromatic N) is 3. The molecule has 1 aromatic carbocycles. The van der Waals surface area contributed by atoms with Crippen molar-refractivity contribution < 1.29 is 8.78 Å². The number of alkyl halides is 2.